The van der Waals surface area contributed by atoms with E-state index in [1.165, 1.54) is 7.11 Å². The fourth-order valence-corrected chi connectivity index (χ4v) is 2.05. The van der Waals surface area contributed by atoms with Crippen molar-refractivity contribution in [3.8, 4) is 0 Å². The van der Waals surface area contributed by atoms with E-state index in [0.717, 1.165) is 24.3 Å². The van der Waals surface area contributed by atoms with Crippen molar-refractivity contribution in [1.82, 2.24) is 0 Å². The lowest BCUT2D eigenvalue weighted by Gasteiger charge is -2.15. The van der Waals surface area contributed by atoms with Gasteiger partial charge in [0, 0.05) is 5.92 Å². The van der Waals surface area contributed by atoms with Crippen LogP contribution in [0.5, 0.6) is 0 Å². The van der Waals surface area contributed by atoms with Crippen LogP contribution >= 0.6 is 35.5 Å². The van der Waals surface area contributed by atoms with E-state index < -0.39 is 0 Å². The largest absolute Gasteiger partial charge is 0.289 e. The molecule has 0 amide bonds. The third kappa shape index (κ3) is 5.18. The van der Waals surface area contributed by atoms with Crippen LogP contribution in [0.15, 0.2) is 30.9 Å². The Morgan fingerprint density at radius 3 is 2.78 bits per heavy atom. The van der Waals surface area contributed by atoms with Crippen LogP contribution in [0.3, 0.4) is 0 Å². The molecule has 0 radical (unpaired) electrons. The summed E-state index contributed by atoms with van der Waals surface area (Å²) < 4.78 is 9.82. The molecule has 0 aliphatic rings. The zero-order chi connectivity index (χ0) is 13.4. The second-order valence-corrected chi connectivity index (χ2v) is 4.80. The van der Waals surface area contributed by atoms with Crippen molar-refractivity contribution in [3.05, 3.63) is 46.5 Å². The van der Waals surface area contributed by atoms with Gasteiger partial charge in [0.05, 0.1) is 23.8 Å². The third-order valence-electron chi connectivity index (χ3n) is 2.28. The van der Waals surface area contributed by atoms with Crippen LogP contribution in [0.4, 0.5) is 0 Å². The van der Waals surface area contributed by atoms with Gasteiger partial charge < -0.3 is 0 Å². The van der Waals surface area contributed by atoms with Gasteiger partial charge in [-0.1, -0.05) is 35.3 Å². The monoisotopic (exact) mass is 308 g/mol. The maximum atomic E-state index is 5.99. The van der Waals surface area contributed by atoms with E-state index in [4.69, 9.17) is 27.4 Å². The summed E-state index contributed by atoms with van der Waals surface area (Å²) in [5, 5.41) is 1.07. The minimum absolute atomic E-state index is 0.144. The highest BCUT2D eigenvalue weighted by Crippen LogP contribution is 2.29. The topological polar surface area (TPSA) is 27.7 Å². The first-order chi connectivity index (χ1) is 8.69. The smallest absolute Gasteiger partial charge is 0.194 e. The van der Waals surface area contributed by atoms with Crippen LogP contribution in [0, 0.1) is 0 Å². The van der Waals surface area contributed by atoms with Crippen molar-refractivity contribution in [2.75, 3.05) is 13.7 Å². The predicted octanol–water partition coefficient (Wildman–Crippen LogP) is 4.81. The Balaban J connectivity index is 2.64. The van der Waals surface area contributed by atoms with Gasteiger partial charge >= 0.3 is 0 Å². The Morgan fingerprint density at radius 2 is 2.17 bits per heavy atom. The first kappa shape index (κ1) is 15.8. The molecule has 0 aromatic heterocycles. The molecule has 0 bridgehead atoms. The molecule has 0 saturated heterocycles. The molecule has 0 fully saturated rings. The molecule has 1 rings (SSSR count). The molecule has 100 valence electrons. The Kier molecular flexibility index (Phi) is 7.74. The van der Waals surface area contributed by atoms with E-state index in [9.17, 15) is 0 Å². The molecule has 0 saturated carbocycles. The van der Waals surface area contributed by atoms with Crippen molar-refractivity contribution < 1.29 is 13.4 Å². The number of allylic oxidation sites excluding steroid dienone is 1. The normalized spacial score (nSPS) is 12.4. The van der Waals surface area contributed by atoms with E-state index >= 15 is 0 Å². The molecule has 3 nitrogen and oxygen atoms in total. The fourth-order valence-electron chi connectivity index (χ4n) is 1.43. The summed E-state index contributed by atoms with van der Waals surface area (Å²) in [4.78, 5) is 4.40. The predicted molar refractivity (Wildman–Crippen MR) is 75.7 cm³/mol. The minimum Gasteiger partial charge on any atom is -0.289 e. The lowest BCUT2D eigenvalue weighted by molar-refractivity contribution is -0.166. The molecule has 0 aliphatic carbocycles. The van der Waals surface area contributed by atoms with E-state index in [2.05, 4.69) is 15.8 Å². The summed E-state index contributed by atoms with van der Waals surface area (Å²) in [5.41, 5.74) is 1.04. The second kappa shape index (κ2) is 8.80. The standard InChI is InChI=1S/C12H14Cl2O3S/c1-3-4-10(8-16-18-17-15-2)9-5-6-11(13)12(14)7-9/h3,5-7,10H,1,4,8H2,2H3. The van der Waals surface area contributed by atoms with Crippen molar-refractivity contribution in [2.24, 2.45) is 0 Å². The second-order valence-electron chi connectivity index (χ2n) is 3.48. The van der Waals surface area contributed by atoms with Gasteiger partial charge in [0.1, 0.15) is 0 Å². The van der Waals surface area contributed by atoms with Crippen LogP contribution in [-0.4, -0.2) is 13.7 Å². The minimum atomic E-state index is 0.144. The third-order valence-corrected chi connectivity index (χ3v) is 3.44. The molecule has 1 aromatic rings. The first-order valence-electron chi connectivity index (χ1n) is 5.23. The van der Waals surface area contributed by atoms with Gasteiger partial charge in [-0.2, -0.15) is 0 Å². The van der Waals surface area contributed by atoms with Gasteiger partial charge in [-0.15, -0.1) is 10.9 Å². The van der Waals surface area contributed by atoms with E-state index in [1.807, 2.05) is 18.2 Å². The summed E-state index contributed by atoms with van der Waals surface area (Å²) in [7, 11) is 1.41. The van der Waals surface area contributed by atoms with Crippen molar-refractivity contribution >= 4 is 35.5 Å². The van der Waals surface area contributed by atoms with Crippen LogP contribution in [0.1, 0.15) is 17.9 Å². The zero-order valence-electron chi connectivity index (χ0n) is 9.90. The highest BCUT2D eigenvalue weighted by molar-refractivity contribution is 7.89. The summed E-state index contributed by atoms with van der Waals surface area (Å²) >= 11 is 12.7. The van der Waals surface area contributed by atoms with Crippen LogP contribution in [0.2, 0.25) is 10.0 Å². The SMILES string of the molecule is C=CCC(COSOOC)c1ccc(Cl)c(Cl)c1. The van der Waals surface area contributed by atoms with Crippen LogP contribution < -0.4 is 0 Å². The number of hydrogen-bond donors (Lipinski definition) is 0. The number of rotatable bonds is 8. The lowest BCUT2D eigenvalue weighted by Crippen LogP contribution is -2.05. The Morgan fingerprint density at radius 1 is 1.39 bits per heavy atom. The van der Waals surface area contributed by atoms with Crippen molar-refractivity contribution in [1.29, 1.82) is 0 Å². The van der Waals surface area contributed by atoms with Crippen molar-refractivity contribution in [2.45, 2.75) is 12.3 Å². The van der Waals surface area contributed by atoms with Gasteiger partial charge in [-0.25, -0.2) is 4.89 Å². The number of halogens is 2. The van der Waals surface area contributed by atoms with Crippen LogP contribution in [0.25, 0.3) is 0 Å². The molecule has 0 spiro atoms. The highest BCUT2D eigenvalue weighted by atomic mass is 35.5. The van der Waals surface area contributed by atoms with Gasteiger partial charge in [0.2, 0.25) is 0 Å². The molecule has 1 atom stereocenters. The summed E-state index contributed by atoms with van der Waals surface area (Å²) in [6, 6.07) is 5.53. The first-order valence-corrected chi connectivity index (χ1v) is 6.66. The zero-order valence-corrected chi connectivity index (χ0v) is 12.2. The Hall–Kier alpha value is -0.230. The summed E-state index contributed by atoms with van der Waals surface area (Å²) in [6.07, 6.45) is 2.60. The Bertz CT molecular complexity index is 388. The Labute approximate surface area is 121 Å². The lowest BCUT2D eigenvalue weighted by atomic mass is 9.97. The summed E-state index contributed by atoms with van der Waals surface area (Å²) in [5.74, 6) is 0.144. The summed E-state index contributed by atoms with van der Waals surface area (Å²) in [6.45, 7) is 4.19. The van der Waals surface area contributed by atoms with E-state index in [0.29, 0.717) is 16.7 Å². The molecule has 1 aromatic carbocycles. The van der Waals surface area contributed by atoms with Crippen molar-refractivity contribution in [3.63, 3.8) is 0 Å². The van der Waals surface area contributed by atoms with Gasteiger partial charge in [0.25, 0.3) is 0 Å². The van der Waals surface area contributed by atoms with E-state index in [1.54, 1.807) is 6.07 Å². The molecule has 0 heterocycles. The van der Waals surface area contributed by atoms with Gasteiger partial charge in [-0.05, 0) is 24.1 Å². The number of benzene rings is 1. The molecule has 18 heavy (non-hydrogen) atoms. The average molecular weight is 309 g/mol. The molecule has 1 unspecified atom stereocenters. The molecule has 0 aliphatic heterocycles. The fraction of sp³-hybridized carbons (Fsp3) is 0.333. The molecule has 0 N–H and O–H groups in total. The molecular weight excluding hydrogens is 295 g/mol. The molecule has 6 heteroatoms. The molecular formula is C12H14Cl2O3S. The average Bonchev–Trinajstić information content (AvgIpc) is 2.37. The maximum absolute atomic E-state index is 5.99. The van der Waals surface area contributed by atoms with E-state index in [-0.39, 0.29) is 5.92 Å². The van der Waals surface area contributed by atoms with Crippen LogP contribution in [-0.2, 0) is 13.4 Å². The maximum Gasteiger partial charge on any atom is 0.194 e. The highest BCUT2D eigenvalue weighted by Gasteiger charge is 2.12. The van der Waals surface area contributed by atoms with Gasteiger partial charge in [0.15, 0.2) is 12.3 Å². The number of hydrogen-bond acceptors (Lipinski definition) is 4. The quantitative estimate of drug-likeness (QED) is 0.226. The van der Waals surface area contributed by atoms with Gasteiger partial charge in [-0.3, -0.25) is 4.18 Å².